The third-order valence-corrected chi connectivity index (χ3v) is 4.77. The van der Waals surface area contributed by atoms with E-state index in [1.165, 1.54) is 10.6 Å². The fraction of sp³-hybridized carbons (Fsp3) is 0.350. The summed E-state index contributed by atoms with van der Waals surface area (Å²) in [4.78, 5) is 40.8. The number of nitrogens with zero attached hydrogens (tertiary/aromatic N) is 5. The van der Waals surface area contributed by atoms with Gasteiger partial charge in [0.1, 0.15) is 17.0 Å². The summed E-state index contributed by atoms with van der Waals surface area (Å²) >= 11 is 0. The van der Waals surface area contributed by atoms with Crippen LogP contribution >= 0.6 is 0 Å². The average molecular weight is 363 g/mol. The molecule has 7 nitrogen and oxygen atoms in total. The van der Waals surface area contributed by atoms with E-state index in [2.05, 4.69) is 35.7 Å². The van der Waals surface area contributed by atoms with Gasteiger partial charge in [-0.05, 0) is 19.1 Å². The van der Waals surface area contributed by atoms with Crippen LogP contribution < -0.4 is 5.56 Å². The number of hydrogen-bond acceptors (Lipinski definition) is 5. The predicted molar refractivity (Wildman–Crippen MR) is 101 cm³/mol. The molecule has 0 atom stereocenters. The smallest absolute Gasteiger partial charge is 0.270 e. The van der Waals surface area contributed by atoms with Crippen molar-refractivity contribution in [3.8, 4) is 0 Å². The molecule has 0 N–H and O–H groups in total. The molecule has 0 radical (unpaired) electrons. The van der Waals surface area contributed by atoms with E-state index < -0.39 is 0 Å². The zero-order chi connectivity index (χ0) is 19.3. The van der Waals surface area contributed by atoms with Crippen LogP contribution in [0, 0.1) is 6.92 Å². The first-order chi connectivity index (χ1) is 12.8. The molecular weight excluding hydrogens is 342 g/mol. The van der Waals surface area contributed by atoms with Gasteiger partial charge in [0, 0.05) is 35.6 Å². The van der Waals surface area contributed by atoms with Crippen LogP contribution in [-0.2, 0) is 18.5 Å². The van der Waals surface area contributed by atoms with E-state index in [-0.39, 0.29) is 22.4 Å². The van der Waals surface area contributed by atoms with Crippen molar-refractivity contribution in [3.05, 3.63) is 69.3 Å². The molecule has 1 aliphatic heterocycles. The van der Waals surface area contributed by atoms with Gasteiger partial charge >= 0.3 is 0 Å². The third kappa shape index (κ3) is 2.89. The molecule has 0 saturated heterocycles. The normalized spacial score (nSPS) is 13.9. The first kappa shape index (κ1) is 17.3. The van der Waals surface area contributed by atoms with Gasteiger partial charge in [0.05, 0.1) is 12.2 Å². The number of hydrogen-bond donors (Lipinski definition) is 0. The monoisotopic (exact) mass is 363 g/mol. The number of fused-ring (bicyclic) bond motifs is 2. The first-order valence-corrected chi connectivity index (χ1v) is 8.87. The Morgan fingerprint density at radius 1 is 1.11 bits per heavy atom. The highest BCUT2D eigenvalue weighted by atomic mass is 16.2. The third-order valence-electron chi connectivity index (χ3n) is 4.77. The average Bonchev–Trinajstić information content (AvgIpc) is 3.04. The van der Waals surface area contributed by atoms with Crippen molar-refractivity contribution >= 4 is 11.6 Å². The van der Waals surface area contributed by atoms with Gasteiger partial charge in [-0.2, -0.15) is 0 Å². The minimum Gasteiger partial charge on any atom is -0.328 e. The van der Waals surface area contributed by atoms with Crippen LogP contribution in [0.1, 0.15) is 53.9 Å². The largest absolute Gasteiger partial charge is 0.328 e. The maximum absolute atomic E-state index is 13.0. The molecule has 0 unspecified atom stereocenters. The lowest BCUT2D eigenvalue weighted by atomic mass is 9.95. The summed E-state index contributed by atoms with van der Waals surface area (Å²) in [5.41, 5.74) is 2.59. The number of aromatic nitrogens is 4. The van der Waals surface area contributed by atoms with Crippen molar-refractivity contribution in [1.29, 1.82) is 0 Å². The zero-order valence-electron chi connectivity index (χ0n) is 15.9. The molecule has 27 heavy (non-hydrogen) atoms. The summed E-state index contributed by atoms with van der Waals surface area (Å²) in [6.07, 6.45) is 3.15. The predicted octanol–water partition coefficient (Wildman–Crippen LogP) is 2.25. The Kier molecular flexibility index (Phi) is 3.83. The first-order valence-electron chi connectivity index (χ1n) is 8.87. The summed E-state index contributed by atoms with van der Waals surface area (Å²) in [6.45, 7) is 8.74. The molecule has 0 spiro atoms. The van der Waals surface area contributed by atoms with Crippen molar-refractivity contribution in [2.45, 2.75) is 46.2 Å². The fourth-order valence-corrected chi connectivity index (χ4v) is 3.25. The minimum atomic E-state index is -0.347. The summed E-state index contributed by atoms with van der Waals surface area (Å²) in [5.74, 6) is 0.416. The lowest BCUT2D eigenvalue weighted by molar-refractivity contribution is 0.0748. The van der Waals surface area contributed by atoms with E-state index >= 15 is 0 Å². The molecule has 3 aromatic rings. The summed E-state index contributed by atoms with van der Waals surface area (Å²) in [5, 5.41) is 0. The highest BCUT2D eigenvalue weighted by molar-refractivity contribution is 5.94. The topological polar surface area (TPSA) is 80.5 Å². The Hall–Kier alpha value is -3.09. The zero-order valence-corrected chi connectivity index (χ0v) is 15.9. The number of carbonyl (C=O) groups excluding carboxylic acids is 1. The van der Waals surface area contributed by atoms with Crippen LogP contribution in [0.15, 0.2) is 35.4 Å². The molecule has 3 aromatic heterocycles. The lowest BCUT2D eigenvalue weighted by Gasteiger charge is -2.16. The Bertz CT molecular complexity index is 1130. The van der Waals surface area contributed by atoms with Gasteiger partial charge in [0.2, 0.25) is 0 Å². The highest BCUT2D eigenvalue weighted by Crippen LogP contribution is 2.25. The van der Waals surface area contributed by atoms with Crippen molar-refractivity contribution < 1.29 is 4.79 Å². The summed E-state index contributed by atoms with van der Waals surface area (Å²) in [7, 11) is 0. The molecule has 1 aliphatic rings. The molecule has 1 amide bonds. The standard InChI is InChI=1S/C20H21N5O2/c1-12-6-5-7-16-21-9-14(18(27)25(12)16)17(26)24-10-13-8-22-19(20(2,3)4)23-15(13)11-24/h5-9H,10-11H2,1-4H3. The van der Waals surface area contributed by atoms with Gasteiger partial charge in [0.25, 0.3) is 11.5 Å². The number of carbonyl (C=O) groups is 1. The molecule has 0 fully saturated rings. The second kappa shape index (κ2) is 5.97. The Balaban J connectivity index is 1.68. The SMILES string of the molecule is Cc1cccc2ncc(C(=O)N3Cc4cnc(C(C)(C)C)nc4C3)c(=O)n12. The Morgan fingerprint density at radius 3 is 2.63 bits per heavy atom. The van der Waals surface area contributed by atoms with E-state index in [1.54, 1.807) is 17.2 Å². The van der Waals surface area contributed by atoms with Gasteiger partial charge in [-0.25, -0.2) is 15.0 Å². The summed E-state index contributed by atoms with van der Waals surface area (Å²) in [6, 6.07) is 5.40. The number of rotatable bonds is 1. The second-order valence-electron chi connectivity index (χ2n) is 7.91. The van der Waals surface area contributed by atoms with Gasteiger partial charge in [-0.15, -0.1) is 0 Å². The van der Waals surface area contributed by atoms with Gasteiger partial charge in [-0.3, -0.25) is 14.0 Å². The van der Waals surface area contributed by atoms with E-state index in [1.807, 2.05) is 19.1 Å². The van der Waals surface area contributed by atoms with E-state index in [4.69, 9.17) is 0 Å². The van der Waals surface area contributed by atoms with Crippen LogP contribution in [0.5, 0.6) is 0 Å². The Labute approximate surface area is 156 Å². The maximum atomic E-state index is 13.0. The summed E-state index contributed by atoms with van der Waals surface area (Å²) < 4.78 is 1.47. The Morgan fingerprint density at radius 2 is 1.89 bits per heavy atom. The lowest BCUT2D eigenvalue weighted by Crippen LogP contribution is -2.33. The molecule has 4 rings (SSSR count). The van der Waals surface area contributed by atoms with Crippen LogP contribution in [0.4, 0.5) is 0 Å². The van der Waals surface area contributed by atoms with Gasteiger partial charge in [-0.1, -0.05) is 26.8 Å². The van der Waals surface area contributed by atoms with Crippen LogP contribution in [0.2, 0.25) is 0 Å². The second-order valence-corrected chi connectivity index (χ2v) is 7.91. The van der Waals surface area contributed by atoms with Crippen LogP contribution in [0.25, 0.3) is 5.65 Å². The highest BCUT2D eigenvalue weighted by Gasteiger charge is 2.29. The van der Waals surface area contributed by atoms with Crippen molar-refractivity contribution in [2.24, 2.45) is 0 Å². The molecule has 0 saturated carbocycles. The fourth-order valence-electron chi connectivity index (χ4n) is 3.25. The minimum absolute atomic E-state index is 0.0682. The van der Waals surface area contributed by atoms with Crippen molar-refractivity contribution in [3.63, 3.8) is 0 Å². The van der Waals surface area contributed by atoms with Crippen LogP contribution in [0.3, 0.4) is 0 Å². The van der Waals surface area contributed by atoms with Crippen LogP contribution in [-0.4, -0.2) is 30.2 Å². The van der Waals surface area contributed by atoms with E-state index in [0.717, 1.165) is 22.8 Å². The quantitative estimate of drug-likeness (QED) is 0.662. The molecule has 0 aliphatic carbocycles. The van der Waals surface area contributed by atoms with E-state index in [0.29, 0.717) is 18.7 Å². The number of pyridine rings is 1. The van der Waals surface area contributed by atoms with E-state index in [9.17, 15) is 9.59 Å². The molecule has 0 bridgehead atoms. The van der Waals surface area contributed by atoms with Gasteiger partial charge in [0.15, 0.2) is 0 Å². The number of amides is 1. The van der Waals surface area contributed by atoms with Crippen molar-refractivity contribution in [1.82, 2.24) is 24.3 Å². The van der Waals surface area contributed by atoms with Gasteiger partial charge < -0.3 is 4.90 Å². The van der Waals surface area contributed by atoms with Crippen molar-refractivity contribution in [2.75, 3.05) is 0 Å². The molecule has 138 valence electrons. The maximum Gasteiger partial charge on any atom is 0.270 e. The molecule has 0 aromatic carbocycles. The molecule has 7 heteroatoms. The number of aryl methyl sites for hydroxylation is 1. The molecular formula is C20H21N5O2. The molecule has 4 heterocycles.